The minimum absolute atomic E-state index is 0.0274. The van der Waals surface area contributed by atoms with E-state index in [0.717, 1.165) is 30.6 Å². The Labute approximate surface area is 125 Å². The van der Waals surface area contributed by atoms with E-state index in [-0.39, 0.29) is 24.4 Å². The summed E-state index contributed by atoms with van der Waals surface area (Å²) in [5.74, 6) is 0.691. The Kier molecular flexibility index (Phi) is 5.20. The van der Waals surface area contributed by atoms with Gasteiger partial charge in [-0.25, -0.2) is 0 Å². The van der Waals surface area contributed by atoms with E-state index < -0.39 is 0 Å². The lowest BCUT2D eigenvalue weighted by molar-refractivity contribution is -0.134. The van der Waals surface area contributed by atoms with Crippen molar-refractivity contribution < 1.29 is 14.3 Å². The molecule has 0 radical (unpaired) electrons. The first kappa shape index (κ1) is 15.4. The molecule has 0 spiro atoms. The van der Waals surface area contributed by atoms with Crippen molar-refractivity contribution in [2.24, 2.45) is 0 Å². The third-order valence-electron chi connectivity index (χ3n) is 3.58. The molecule has 1 aliphatic rings. The van der Waals surface area contributed by atoms with Gasteiger partial charge in [-0.3, -0.25) is 9.59 Å². The fourth-order valence-electron chi connectivity index (χ4n) is 2.27. The van der Waals surface area contributed by atoms with Gasteiger partial charge in [0.25, 0.3) is 0 Å². The summed E-state index contributed by atoms with van der Waals surface area (Å²) in [5, 5.41) is 2.86. The van der Waals surface area contributed by atoms with Crippen molar-refractivity contribution in [3.63, 3.8) is 0 Å². The zero-order valence-corrected chi connectivity index (χ0v) is 12.6. The van der Waals surface area contributed by atoms with E-state index in [1.165, 1.54) is 6.92 Å². The lowest BCUT2D eigenvalue weighted by Gasteiger charge is -2.19. The Hall–Kier alpha value is -2.04. The van der Waals surface area contributed by atoms with Crippen LogP contribution >= 0.6 is 0 Å². The van der Waals surface area contributed by atoms with Crippen LogP contribution in [0, 0.1) is 0 Å². The molecule has 0 aliphatic heterocycles. The molecule has 0 heterocycles. The van der Waals surface area contributed by atoms with E-state index in [1.54, 1.807) is 12.0 Å². The van der Waals surface area contributed by atoms with Crippen LogP contribution in [0.25, 0.3) is 0 Å². The molecular weight excluding hydrogens is 268 g/mol. The fourth-order valence-corrected chi connectivity index (χ4v) is 2.27. The Balaban J connectivity index is 1.74. The van der Waals surface area contributed by atoms with Gasteiger partial charge >= 0.3 is 0 Å². The zero-order chi connectivity index (χ0) is 15.2. The molecule has 1 aliphatic carbocycles. The molecule has 1 aromatic carbocycles. The number of rotatable bonds is 7. The van der Waals surface area contributed by atoms with Gasteiger partial charge in [-0.05, 0) is 37.0 Å². The van der Waals surface area contributed by atoms with Crippen LogP contribution in [0.5, 0.6) is 5.75 Å². The SMILES string of the molecule is COc1cccc(CCNC(=O)CN(C(C)=O)C2CC2)c1. The van der Waals surface area contributed by atoms with E-state index in [4.69, 9.17) is 4.74 Å². The lowest BCUT2D eigenvalue weighted by Crippen LogP contribution is -2.41. The van der Waals surface area contributed by atoms with Crippen molar-refractivity contribution >= 4 is 11.8 Å². The van der Waals surface area contributed by atoms with E-state index in [0.29, 0.717) is 6.54 Å². The monoisotopic (exact) mass is 290 g/mol. The van der Waals surface area contributed by atoms with E-state index >= 15 is 0 Å². The van der Waals surface area contributed by atoms with Crippen LogP contribution in [-0.4, -0.2) is 43.0 Å². The average molecular weight is 290 g/mol. The summed E-state index contributed by atoms with van der Waals surface area (Å²) >= 11 is 0. The number of benzene rings is 1. The molecule has 114 valence electrons. The molecule has 5 nitrogen and oxygen atoms in total. The van der Waals surface area contributed by atoms with Gasteiger partial charge in [-0.2, -0.15) is 0 Å². The molecular formula is C16H22N2O3. The van der Waals surface area contributed by atoms with Crippen LogP contribution in [0.4, 0.5) is 0 Å². The van der Waals surface area contributed by atoms with Crippen molar-refractivity contribution in [3.8, 4) is 5.75 Å². The van der Waals surface area contributed by atoms with E-state index in [1.807, 2.05) is 24.3 Å². The number of carbonyl (C=O) groups is 2. The highest BCUT2D eigenvalue weighted by molar-refractivity contribution is 5.84. The minimum atomic E-state index is -0.0972. The molecule has 1 fully saturated rings. The molecule has 1 aromatic rings. The maximum absolute atomic E-state index is 11.9. The molecule has 21 heavy (non-hydrogen) atoms. The summed E-state index contributed by atoms with van der Waals surface area (Å²) in [7, 11) is 1.63. The summed E-state index contributed by atoms with van der Waals surface area (Å²) in [6, 6.07) is 8.05. The second kappa shape index (κ2) is 7.11. The first-order valence-electron chi connectivity index (χ1n) is 7.27. The quantitative estimate of drug-likeness (QED) is 0.825. The van der Waals surface area contributed by atoms with Crippen LogP contribution in [0.3, 0.4) is 0 Å². The topological polar surface area (TPSA) is 58.6 Å². The van der Waals surface area contributed by atoms with Gasteiger partial charge in [0.1, 0.15) is 5.75 Å². The molecule has 0 bridgehead atoms. The fraction of sp³-hybridized carbons (Fsp3) is 0.500. The van der Waals surface area contributed by atoms with Crippen LogP contribution < -0.4 is 10.1 Å². The summed E-state index contributed by atoms with van der Waals surface area (Å²) in [6.07, 6.45) is 2.76. The van der Waals surface area contributed by atoms with Gasteiger partial charge in [0.05, 0.1) is 13.7 Å². The molecule has 1 saturated carbocycles. The van der Waals surface area contributed by atoms with Crippen LogP contribution in [-0.2, 0) is 16.0 Å². The molecule has 0 aromatic heterocycles. The number of amides is 2. The molecule has 0 atom stereocenters. The van der Waals surface area contributed by atoms with Gasteiger partial charge in [0.2, 0.25) is 11.8 Å². The molecule has 1 N–H and O–H groups in total. The van der Waals surface area contributed by atoms with E-state index in [9.17, 15) is 9.59 Å². The second-order valence-corrected chi connectivity index (χ2v) is 5.33. The predicted octanol–water partition coefficient (Wildman–Crippen LogP) is 1.36. The van der Waals surface area contributed by atoms with Gasteiger partial charge in [0, 0.05) is 19.5 Å². The maximum atomic E-state index is 11.9. The standard InChI is InChI=1S/C16H22N2O3/c1-12(19)18(14-6-7-14)11-16(20)17-9-8-13-4-3-5-15(10-13)21-2/h3-5,10,14H,6-9,11H2,1-2H3,(H,17,20). The van der Waals surface area contributed by atoms with Crippen LogP contribution in [0.1, 0.15) is 25.3 Å². The number of nitrogens with zero attached hydrogens (tertiary/aromatic N) is 1. The van der Waals surface area contributed by atoms with Crippen molar-refractivity contribution in [2.45, 2.75) is 32.2 Å². The first-order valence-corrected chi connectivity index (χ1v) is 7.27. The number of hydrogen-bond acceptors (Lipinski definition) is 3. The highest BCUT2D eigenvalue weighted by atomic mass is 16.5. The van der Waals surface area contributed by atoms with Crippen molar-refractivity contribution in [1.29, 1.82) is 0 Å². The summed E-state index contributed by atoms with van der Waals surface area (Å²) in [5.41, 5.74) is 1.11. The summed E-state index contributed by atoms with van der Waals surface area (Å²) in [4.78, 5) is 25.0. The Bertz CT molecular complexity index is 512. The van der Waals surface area contributed by atoms with Gasteiger partial charge in [-0.15, -0.1) is 0 Å². The van der Waals surface area contributed by atoms with E-state index in [2.05, 4.69) is 5.32 Å². The third-order valence-corrected chi connectivity index (χ3v) is 3.58. The van der Waals surface area contributed by atoms with Crippen molar-refractivity contribution in [3.05, 3.63) is 29.8 Å². The van der Waals surface area contributed by atoms with Gasteiger partial charge < -0.3 is 15.0 Å². The van der Waals surface area contributed by atoms with Gasteiger partial charge in [0.15, 0.2) is 0 Å². The Morgan fingerprint density at radius 3 is 2.76 bits per heavy atom. The number of hydrogen-bond donors (Lipinski definition) is 1. The molecule has 0 unspecified atom stereocenters. The number of methoxy groups -OCH3 is 1. The zero-order valence-electron chi connectivity index (χ0n) is 12.6. The highest BCUT2D eigenvalue weighted by Crippen LogP contribution is 2.26. The summed E-state index contributed by atoms with van der Waals surface area (Å²) < 4.78 is 5.16. The third kappa shape index (κ3) is 4.77. The molecule has 2 amide bonds. The Morgan fingerprint density at radius 2 is 2.14 bits per heavy atom. The van der Waals surface area contributed by atoms with Crippen LogP contribution in [0.15, 0.2) is 24.3 Å². The minimum Gasteiger partial charge on any atom is -0.497 e. The highest BCUT2D eigenvalue weighted by Gasteiger charge is 2.31. The second-order valence-electron chi connectivity index (χ2n) is 5.33. The van der Waals surface area contributed by atoms with Crippen molar-refractivity contribution in [2.75, 3.05) is 20.2 Å². The number of nitrogens with one attached hydrogen (secondary N) is 1. The number of ether oxygens (including phenoxy) is 1. The van der Waals surface area contributed by atoms with Crippen molar-refractivity contribution in [1.82, 2.24) is 10.2 Å². The first-order chi connectivity index (χ1) is 10.1. The molecule has 5 heteroatoms. The lowest BCUT2D eigenvalue weighted by atomic mass is 10.1. The maximum Gasteiger partial charge on any atom is 0.239 e. The van der Waals surface area contributed by atoms with Gasteiger partial charge in [-0.1, -0.05) is 12.1 Å². The number of carbonyl (C=O) groups excluding carboxylic acids is 2. The smallest absolute Gasteiger partial charge is 0.239 e. The Morgan fingerprint density at radius 1 is 1.38 bits per heavy atom. The molecule has 2 rings (SSSR count). The normalized spacial score (nSPS) is 13.6. The average Bonchev–Trinajstić information content (AvgIpc) is 3.29. The largest absolute Gasteiger partial charge is 0.497 e. The predicted molar refractivity (Wildman–Crippen MR) is 80.1 cm³/mol. The molecule has 0 saturated heterocycles. The van der Waals surface area contributed by atoms with Crippen LogP contribution in [0.2, 0.25) is 0 Å². The summed E-state index contributed by atoms with van der Waals surface area (Å²) in [6.45, 7) is 2.24.